The molecule has 2 aromatic heterocycles. The van der Waals surface area contributed by atoms with Crippen LogP contribution in [0.25, 0.3) is 10.9 Å². The molecule has 0 saturated carbocycles. The maximum Gasteiger partial charge on any atom is 0.293 e. The molecule has 8 nitrogen and oxygen atoms in total. The van der Waals surface area contributed by atoms with Gasteiger partial charge in [-0.2, -0.15) is 0 Å². The molecule has 0 aliphatic rings. The van der Waals surface area contributed by atoms with Gasteiger partial charge in [-0.3, -0.25) is 14.6 Å². The van der Waals surface area contributed by atoms with E-state index < -0.39 is 11.7 Å². The first-order valence-electron chi connectivity index (χ1n) is 8.89. The van der Waals surface area contributed by atoms with Crippen LogP contribution in [0.2, 0.25) is 0 Å². The largest absolute Gasteiger partial charge is 0.396 e. The summed E-state index contributed by atoms with van der Waals surface area (Å²) in [4.78, 5) is 22.0. The fourth-order valence-corrected chi connectivity index (χ4v) is 3.41. The number of rotatable bonds is 9. The fraction of sp³-hybridized carbons (Fsp3) is 0.263. The number of aliphatic hydroxyl groups excluding tert-OH is 2. The third-order valence-electron chi connectivity index (χ3n) is 4.17. The summed E-state index contributed by atoms with van der Waals surface area (Å²) in [6.07, 6.45) is 3.60. The SMILES string of the molecule is O=C(NOCCO)c1c(Nc2ccc(I)cc2F)c2cnccc2n1CCCO. The number of pyridine rings is 1. The summed E-state index contributed by atoms with van der Waals surface area (Å²) in [5.74, 6) is -1.03. The van der Waals surface area contributed by atoms with Crippen molar-refractivity contribution < 1.29 is 24.2 Å². The minimum Gasteiger partial charge on any atom is -0.396 e. The third kappa shape index (κ3) is 4.83. The number of fused-ring (bicyclic) bond motifs is 1. The lowest BCUT2D eigenvalue weighted by Gasteiger charge is -2.13. The molecule has 0 radical (unpaired) electrons. The maximum absolute atomic E-state index is 14.5. The standard InChI is InChI=1S/C19H20FIN4O4/c20-14-10-12(21)2-3-15(14)23-17-13-11-22-5-4-16(13)25(6-1-7-26)18(17)19(28)24-29-9-8-27/h2-5,10-11,23,26-27H,1,6-9H2,(H,24,28). The van der Waals surface area contributed by atoms with Gasteiger partial charge in [0, 0.05) is 34.5 Å². The second-order valence-electron chi connectivity index (χ2n) is 6.10. The van der Waals surface area contributed by atoms with Crippen molar-refractivity contribution in [1.29, 1.82) is 0 Å². The van der Waals surface area contributed by atoms with Crippen LogP contribution in [-0.2, 0) is 11.4 Å². The number of benzene rings is 1. The van der Waals surface area contributed by atoms with Crippen molar-refractivity contribution in [3.8, 4) is 0 Å². The van der Waals surface area contributed by atoms with Crippen molar-refractivity contribution in [3.63, 3.8) is 0 Å². The highest BCUT2D eigenvalue weighted by Crippen LogP contribution is 2.34. The number of halogens is 2. The van der Waals surface area contributed by atoms with Gasteiger partial charge in [-0.1, -0.05) is 0 Å². The second kappa shape index (κ2) is 9.96. The Morgan fingerprint density at radius 2 is 2.10 bits per heavy atom. The van der Waals surface area contributed by atoms with Crippen molar-refractivity contribution >= 4 is 50.8 Å². The van der Waals surface area contributed by atoms with E-state index in [4.69, 9.17) is 9.94 Å². The van der Waals surface area contributed by atoms with Crippen molar-refractivity contribution in [2.75, 3.05) is 25.1 Å². The zero-order valence-electron chi connectivity index (χ0n) is 15.4. The van der Waals surface area contributed by atoms with Gasteiger partial charge < -0.3 is 20.1 Å². The van der Waals surface area contributed by atoms with Crippen LogP contribution in [0.15, 0.2) is 36.7 Å². The third-order valence-corrected chi connectivity index (χ3v) is 4.84. The zero-order chi connectivity index (χ0) is 20.8. The molecule has 1 amide bonds. The smallest absolute Gasteiger partial charge is 0.293 e. The molecule has 0 spiro atoms. The monoisotopic (exact) mass is 514 g/mol. The van der Waals surface area contributed by atoms with E-state index >= 15 is 0 Å². The van der Waals surface area contributed by atoms with E-state index in [1.807, 2.05) is 22.6 Å². The molecule has 0 bridgehead atoms. The molecule has 0 aliphatic carbocycles. The minimum absolute atomic E-state index is 0.0542. The molecular formula is C19H20FIN4O4. The topological polar surface area (TPSA) is 109 Å². The van der Waals surface area contributed by atoms with Gasteiger partial charge in [-0.15, -0.1) is 0 Å². The highest BCUT2D eigenvalue weighted by Gasteiger charge is 2.24. The highest BCUT2D eigenvalue weighted by molar-refractivity contribution is 14.1. The molecule has 0 saturated heterocycles. The quantitative estimate of drug-likeness (QED) is 0.199. The van der Waals surface area contributed by atoms with Crippen LogP contribution in [0.1, 0.15) is 16.9 Å². The Balaban J connectivity index is 2.12. The van der Waals surface area contributed by atoms with Gasteiger partial charge in [-0.05, 0) is 53.3 Å². The lowest BCUT2D eigenvalue weighted by atomic mass is 10.2. The van der Waals surface area contributed by atoms with Crippen molar-refractivity contribution in [2.24, 2.45) is 0 Å². The molecule has 1 aromatic carbocycles. The van der Waals surface area contributed by atoms with E-state index in [9.17, 15) is 14.3 Å². The predicted octanol–water partition coefficient (Wildman–Crippen LogP) is 2.56. The van der Waals surface area contributed by atoms with Crippen LogP contribution in [0.5, 0.6) is 0 Å². The molecule has 10 heteroatoms. The van der Waals surface area contributed by atoms with Crippen molar-refractivity contribution in [1.82, 2.24) is 15.0 Å². The Morgan fingerprint density at radius 1 is 1.28 bits per heavy atom. The molecule has 29 heavy (non-hydrogen) atoms. The number of hydroxylamine groups is 1. The Morgan fingerprint density at radius 3 is 2.83 bits per heavy atom. The van der Waals surface area contributed by atoms with E-state index in [2.05, 4.69) is 15.8 Å². The van der Waals surface area contributed by atoms with E-state index in [1.165, 1.54) is 6.07 Å². The summed E-state index contributed by atoms with van der Waals surface area (Å²) >= 11 is 2.02. The van der Waals surface area contributed by atoms with Crippen molar-refractivity contribution in [3.05, 3.63) is 51.7 Å². The number of aliphatic hydroxyl groups is 2. The first-order valence-corrected chi connectivity index (χ1v) is 9.96. The van der Waals surface area contributed by atoms with Gasteiger partial charge >= 0.3 is 0 Å². The van der Waals surface area contributed by atoms with Gasteiger partial charge in [0.1, 0.15) is 11.5 Å². The van der Waals surface area contributed by atoms with E-state index in [0.29, 0.717) is 29.6 Å². The van der Waals surface area contributed by atoms with Crippen LogP contribution >= 0.6 is 22.6 Å². The van der Waals surface area contributed by atoms with Gasteiger partial charge in [0.05, 0.1) is 30.1 Å². The normalized spacial score (nSPS) is 11.0. The molecular weight excluding hydrogens is 494 g/mol. The van der Waals surface area contributed by atoms with Crippen molar-refractivity contribution in [2.45, 2.75) is 13.0 Å². The summed E-state index contributed by atoms with van der Waals surface area (Å²) in [5, 5.41) is 21.8. The van der Waals surface area contributed by atoms with E-state index in [1.54, 1.807) is 35.2 Å². The molecule has 3 aromatic rings. The summed E-state index contributed by atoms with van der Waals surface area (Å²) in [5.41, 5.74) is 3.78. The molecule has 0 fully saturated rings. The first kappa shape index (κ1) is 21.4. The molecule has 3 rings (SSSR count). The van der Waals surface area contributed by atoms with Crippen LogP contribution in [0, 0.1) is 9.39 Å². The molecule has 154 valence electrons. The summed E-state index contributed by atoms with van der Waals surface area (Å²) in [6.45, 7) is -0.0205. The number of hydrogen-bond donors (Lipinski definition) is 4. The van der Waals surface area contributed by atoms with Crippen LogP contribution in [-0.4, -0.2) is 45.5 Å². The Bertz CT molecular complexity index is 1010. The highest BCUT2D eigenvalue weighted by atomic mass is 127. The Hall–Kier alpha value is -2.28. The molecule has 0 aliphatic heterocycles. The second-order valence-corrected chi connectivity index (χ2v) is 7.34. The van der Waals surface area contributed by atoms with E-state index in [0.717, 1.165) is 3.57 Å². The van der Waals surface area contributed by atoms with Gasteiger partial charge in [0.25, 0.3) is 5.91 Å². The lowest BCUT2D eigenvalue weighted by molar-refractivity contribution is 0.0162. The maximum atomic E-state index is 14.5. The number of amides is 1. The Labute approximate surface area is 179 Å². The van der Waals surface area contributed by atoms with Gasteiger partial charge in [-0.25, -0.2) is 9.87 Å². The zero-order valence-corrected chi connectivity index (χ0v) is 17.5. The number of anilines is 2. The van der Waals surface area contributed by atoms with Crippen LogP contribution in [0.3, 0.4) is 0 Å². The molecule has 2 heterocycles. The predicted molar refractivity (Wildman–Crippen MR) is 114 cm³/mol. The summed E-state index contributed by atoms with van der Waals surface area (Å²) in [7, 11) is 0. The number of hydrogen-bond acceptors (Lipinski definition) is 6. The number of carbonyl (C=O) groups excluding carboxylic acids is 1. The molecule has 0 atom stereocenters. The van der Waals surface area contributed by atoms with Gasteiger partial charge in [0.15, 0.2) is 0 Å². The first-order chi connectivity index (χ1) is 14.1. The number of nitrogens with one attached hydrogen (secondary N) is 2. The minimum atomic E-state index is -0.569. The Kier molecular flexibility index (Phi) is 7.36. The lowest BCUT2D eigenvalue weighted by Crippen LogP contribution is -2.28. The fourth-order valence-electron chi connectivity index (χ4n) is 2.96. The average Bonchev–Trinajstić information content (AvgIpc) is 3.02. The average molecular weight is 514 g/mol. The van der Waals surface area contributed by atoms with Crippen LogP contribution in [0.4, 0.5) is 15.8 Å². The summed E-state index contributed by atoms with van der Waals surface area (Å²) in [6, 6.07) is 6.47. The number of aromatic nitrogens is 2. The molecule has 0 unspecified atom stereocenters. The van der Waals surface area contributed by atoms with Gasteiger partial charge in [0.2, 0.25) is 0 Å². The number of aryl methyl sites for hydroxylation is 1. The number of nitrogens with zero attached hydrogens (tertiary/aromatic N) is 2. The van der Waals surface area contributed by atoms with E-state index in [-0.39, 0.29) is 31.2 Å². The van der Waals surface area contributed by atoms with Crippen LogP contribution < -0.4 is 10.8 Å². The molecule has 4 N–H and O–H groups in total. The summed E-state index contributed by atoms with van der Waals surface area (Å²) < 4.78 is 16.9. The number of carbonyl (C=O) groups is 1.